The molecular formula is C12H23NO. The van der Waals surface area contributed by atoms with Gasteiger partial charge in [0, 0.05) is 12.0 Å². The molecule has 1 rings (SSSR count). The lowest BCUT2D eigenvalue weighted by atomic mass is 9.86. The fourth-order valence-corrected chi connectivity index (χ4v) is 2.70. The van der Waals surface area contributed by atoms with Gasteiger partial charge in [0.2, 0.25) is 0 Å². The first-order valence-electron chi connectivity index (χ1n) is 5.70. The number of hydrogen-bond donors (Lipinski definition) is 0. The first-order chi connectivity index (χ1) is 6.39. The van der Waals surface area contributed by atoms with Crippen molar-refractivity contribution in [3.63, 3.8) is 0 Å². The summed E-state index contributed by atoms with van der Waals surface area (Å²) in [5.74, 6) is 0.558. The Morgan fingerprint density at radius 2 is 1.86 bits per heavy atom. The van der Waals surface area contributed by atoms with Crippen LogP contribution in [0.15, 0.2) is 0 Å². The second kappa shape index (κ2) is 4.01. The third-order valence-electron chi connectivity index (χ3n) is 3.38. The van der Waals surface area contributed by atoms with E-state index in [1.165, 1.54) is 0 Å². The van der Waals surface area contributed by atoms with E-state index < -0.39 is 0 Å². The van der Waals surface area contributed by atoms with Gasteiger partial charge in [-0.05, 0) is 40.2 Å². The molecule has 14 heavy (non-hydrogen) atoms. The second-order valence-corrected chi connectivity index (χ2v) is 5.18. The number of ketones is 1. The minimum atomic E-state index is -0.192. The summed E-state index contributed by atoms with van der Waals surface area (Å²) in [6.45, 7) is 11.6. The number of Topliss-reactive ketones (excluding diaryl/α,β-unsaturated/α-hetero) is 1. The van der Waals surface area contributed by atoms with Gasteiger partial charge in [-0.15, -0.1) is 0 Å². The molecule has 0 radical (unpaired) electrons. The summed E-state index contributed by atoms with van der Waals surface area (Å²) in [6, 6.07) is 0.477. The molecule has 2 nitrogen and oxygen atoms in total. The van der Waals surface area contributed by atoms with Crippen molar-refractivity contribution < 1.29 is 4.79 Å². The Labute approximate surface area is 87.7 Å². The van der Waals surface area contributed by atoms with E-state index in [-0.39, 0.29) is 11.5 Å². The first-order valence-corrected chi connectivity index (χ1v) is 5.70. The molecule has 0 spiro atoms. The molecule has 0 bridgehead atoms. The van der Waals surface area contributed by atoms with E-state index in [1.54, 1.807) is 0 Å². The van der Waals surface area contributed by atoms with Crippen LogP contribution >= 0.6 is 0 Å². The molecule has 1 heterocycles. The maximum Gasteiger partial charge on any atom is 0.155 e. The van der Waals surface area contributed by atoms with Crippen LogP contribution in [-0.4, -0.2) is 28.8 Å². The van der Waals surface area contributed by atoms with Crippen LogP contribution in [0.5, 0.6) is 0 Å². The molecule has 0 amide bonds. The van der Waals surface area contributed by atoms with Crippen molar-refractivity contribution >= 4 is 5.78 Å². The van der Waals surface area contributed by atoms with Gasteiger partial charge in [-0.2, -0.15) is 0 Å². The normalized spacial score (nSPS) is 29.1. The van der Waals surface area contributed by atoms with Gasteiger partial charge in [0.1, 0.15) is 0 Å². The lowest BCUT2D eigenvalue weighted by Gasteiger charge is -2.38. The number of carbonyl (C=O) groups excluding carboxylic acids is 1. The van der Waals surface area contributed by atoms with E-state index >= 15 is 0 Å². The predicted molar refractivity (Wildman–Crippen MR) is 59.3 cm³/mol. The summed E-state index contributed by atoms with van der Waals surface area (Å²) in [6.07, 6.45) is 2.19. The van der Waals surface area contributed by atoms with Gasteiger partial charge in [-0.25, -0.2) is 0 Å². The van der Waals surface area contributed by atoms with Crippen molar-refractivity contribution in [3.05, 3.63) is 0 Å². The average Bonchev–Trinajstić information content (AvgIpc) is 2.47. The van der Waals surface area contributed by atoms with E-state index in [4.69, 9.17) is 0 Å². The van der Waals surface area contributed by atoms with Crippen LogP contribution in [0, 0.1) is 5.92 Å². The van der Waals surface area contributed by atoms with Crippen molar-refractivity contribution in [1.82, 2.24) is 4.90 Å². The monoisotopic (exact) mass is 197 g/mol. The van der Waals surface area contributed by atoms with Gasteiger partial charge in [0.25, 0.3) is 0 Å². The summed E-state index contributed by atoms with van der Waals surface area (Å²) >= 11 is 0. The average molecular weight is 197 g/mol. The molecule has 1 aliphatic rings. The van der Waals surface area contributed by atoms with E-state index in [0.717, 1.165) is 19.4 Å². The number of nitrogens with zero attached hydrogens (tertiary/aromatic N) is 1. The Balaban J connectivity index is 2.86. The Morgan fingerprint density at radius 3 is 2.29 bits per heavy atom. The van der Waals surface area contributed by atoms with Crippen molar-refractivity contribution in [2.24, 2.45) is 5.92 Å². The highest BCUT2D eigenvalue weighted by Gasteiger charge is 2.44. The van der Waals surface area contributed by atoms with E-state index in [9.17, 15) is 4.79 Å². The fraction of sp³-hybridized carbons (Fsp3) is 0.917. The maximum atomic E-state index is 12.1. The third kappa shape index (κ3) is 1.85. The van der Waals surface area contributed by atoms with Gasteiger partial charge in [-0.1, -0.05) is 13.8 Å². The summed E-state index contributed by atoms with van der Waals surface area (Å²) in [7, 11) is 0. The summed E-state index contributed by atoms with van der Waals surface area (Å²) in [5, 5.41) is 0. The predicted octanol–water partition coefficient (Wildman–Crippen LogP) is 2.47. The summed E-state index contributed by atoms with van der Waals surface area (Å²) in [4.78, 5) is 14.5. The first kappa shape index (κ1) is 11.7. The molecule has 0 saturated carbocycles. The zero-order valence-corrected chi connectivity index (χ0v) is 10.1. The van der Waals surface area contributed by atoms with Gasteiger partial charge in [-0.3, -0.25) is 9.69 Å². The molecule has 0 aromatic rings. The van der Waals surface area contributed by atoms with Gasteiger partial charge in [0.15, 0.2) is 5.78 Å². The molecule has 1 saturated heterocycles. The van der Waals surface area contributed by atoms with Crippen LogP contribution in [-0.2, 0) is 4.79 Å². The summed E-state index contributed by atoms with van der Waals surface area (Å²) in [5.41, 5.74) is -0.192. The molecule has 1 aliphatic heterocycles. The van der Waals surface area contributed by atoms with Crippen molar-refractivity contribution in [2.45, 2.75) is 59.0 Å². The minimum Gasteiger partial charge on any atom is -0.297 e. The molecule has 0 aromatic carbocycles. The SMILES string of the molecule is CC(C)C(=O)[C@@]1(C)CCCN1C(C)C. The minimum absolute atomic E-state index is 0.152. The van der Waals surface area contributed by atoms with E-state index in [1.807, 2.05) is 13.8 Å². The molecule has 0 aliphatic carbocycles. The van der Waals surface area contributed by atoms with Gasteiger partial charge < -0.3 is 0 Å². The van der Waals surface area contributed by atoms with E-state index in [2.05, 4.69) is 25.7 Å². The smallest absolute Gasteiger partial charge is 0.155 e. The van der Waals surface area contributed by atoms with Gasteiger partial charge in [0.05, 0.1) is 5.54 Å². The molecule has 0 unspecified atom stereocenters. The number of hydrogen-bond acceptors (Lipinski definition) is 2. The highest BCUT2D eigenvalue weighted by atomic mass is 16.1. The van der Waals surface area contributed by atoms with Crippen LogP contribution in [0.4, 0.5) is 0 Å². The van der Waals surface area contributed by atoms with Crippen molar-refractivity contribution in [2.75, 3.05) is 6.54 Å². The number of rotatable bonds is 3. The topological polar surface area (TPSA) is 20.3 Å². The van der Waals surface area contributed by atoms with Crippen molar-refractivity contribution in [3.8, 4) is 0 Å². The number of carbonyl (C=O) groups is 1. The molecule has 82 valence electrons. The van der Waals surface area contributed by atoms with Crippen LogP contribution in [0.2, 0.25) is 0 Å². The van der Waals surface area contributed by atoms with Crippen LogP contribution in [0.1, 0.15) is 47.5 Å². The largest absolute Gasteiger partial charge is 0.297 e. The Kier molecular flexibility index (Phi) is 3.36. The zero-order chi connectivity index (χ0) is 10.9. The highest BCUT2D eigenvalue weighted by Crippen LogP contribution is 2.33. The quantitative estimate of drug-likeness (QED) is 0.692. The molecule has 2 heteroatoms. The molecule has 0 aromatic heterocycles. The Morgan fingerprint density at radius 1 is 1.29 bits per heavy atom. The lowest BCUT2D eigenvalue weighted by molar-refractivity contribution is -0.132. The van der Waals surface area contributed by atoms with Crippen LogP contribution < -0.4 is 0 Å². The summed E-state index contributed by atoms with van der Waals surface area (Å²) < 4.78 is 0. The third-order valence-corrected chi connectivity index (χ3v) is 3.38. The standard InChI is InChI=1S/C12H23NO/c1-9(2)11(14)12(5)7-6-8-13(12)10(3)4/h9-10H,6-8H2,1-5H3/t12-/m1/s1. The van der Waals surface area contributed by atoms with Crippen LogP contribution in [0.3, 0.4) is 0 Å². The molecule has 0 N–H and O–H groups in total. The maximum absolute atomic E-state index is 12.1. The Bertz CT molecular complexity index is 222. The zero-order valence-electron chi connectivity index (χ0n) is 10.1. The second-order valence-electron chi connectivity index (χ2n) is 5.18. The van der Waals surface area contributed by atoms with Crippen LogP contribution in [0.25, 0.3) is 0 Å². The van der Waals surface area contributed by atoms with Gasteiger partial charge >= 0.3 is 0 Å². The Hall–Kier alpha value is -0.370. The molecule has 1 atom stereocenters. The molecular weight excluding hydrogens is 174 g/mol. The van der Waals surface area contributed by atoms with Crippen molar-refractivity contribution in [1.29, 1.82) is 0 Å². The molecule has 1 fully saturated rings. The van der Waals surface area contributed by atoms with E-state index in [0.29, 0.717) is 11.8 Å². The number of likely N-dealkylation sites (tertiary alicyclic amines) is 1. The lowest BCUT2D eigenvalue weighted by Crippen LogP contribution is -2.52. The highest BCUT2D eigenvalue weighted by molar-refractivity contribution is 5.89. The fourth-order valence-electron chi connectivity index (χ4n) is 2.70.